The highest BCUT2D eigenvalue weighted by Gasteiger charge is 2.32. The Morgan fingerprint density at radius 2 is 1.71 bits per heavy atom. The van der Waals surface area contributed by atoms with Crippen molar-refractivity contribution in [2.75, 3.05) is 13.1 Å². The highest BCUT2D eigenvalue weighted by atomic mass is 32.2. The molecule has 2 amide bonds. The van der Waals surface area contributed by atoms with Crippen molar-refractivity contribution in [2.45, 2.75) is 18.6 Å². The molecule has 96 valence electrons. The summed E-state index contributed by atoms with van der Waals surface area (Å²) in [5.41, 5.74) is 9.74. The Balaban J connectivity index is 5.22. The maximum Gasteiger partial charge on any atom is 0.232 e. The molecule has 9 heteroatoms. The van der Waals surface area contributed by atoms with Gasteiger partial charge in [-0.3, -0.25) is 9.59 Å². The lowest BCUT2D eigenvalue weighted by molar-refractivity contribution is -0.120. The second-order valence-corrected chi connectivity index (χ2v) is 5.39. The number of nitriles is 1. The van der Waals surface area contributed by atoms with Crippen LogP contribution in [0.2, 0.25) is 0 Å². The molecule has 0 aromatic heterocycles. The first-order chi connectivity index (χ1) is 7.75. The van der Waals surface area contributed by atoms with Gasteiger partial charge in [0, 0.05) is 0 Å². The third-order valence-corrected chi connectivity index (χ3v) is 4.03. The molecule has 0 bridgehead atoms. The SMILES string of the molecule is CCC(C#N)S(=O)(=O)N(CC(N)=O)CC(N)=O. The second kappa shape index (κ2) is 6.17. The van der Waals surface area contributed by atoms with E-state index in [2.05, 4.69) is 0 Å². The molecule has 0 aromatic rings. The van der Waals surface area contributed by atoms with Gasteiger partial charge in [-0.1, -0.05) is 6.92 Å². The average Bonchev–Trinajstić information content (AvgIpc) is 2.16. The van der Waals surface area contributed by atoms with Gasteiger partial charge in [-0.25, -0.2) is 8.42 Å². The number of carbonyl (C=O) groups is 2. The van der Waals surface area contributed by atoms with Gasteiger partial charge in [0.15, 0.2) is 5.25 Å². The van der Waals surface area contributed by atoms with Crippen LogP contribution in [0.3, 0.4) is 0 Å². The Hall–Kier alpha value is -1.66. The van der Waals surface area contributed by atoms with Crippen LogP contribution < -0.4 is 11.5 Å². The minimum atomic E-state index is -4.08. The normalized spacial score (nSPS) is 13.0. The molecule has 0 aromatic carbocycles. The quantitative estimate of drug-likeness (QED) is 0.538. The van der Waals surface area contributed by atoms with Crippen molar-refractivity contribution in [3.8, 4) is 6.07 Å². The number of amides is 2. The van der Waals surface area contributed by atoms with E-state index in [9.17, 15) is 18.0 Å². The smallest absolute Gasteiger partial charge is 0.232 e. The van der Waals surface area contributed by atoms with Gasteiger partial charge in [0.05, 0.1) is 19.2 Å². The zero-order valence-electron chi connectivity index (χ0n) is 9.29. The van der Waals surface area contributed by atoms with Crippen molar-refractivity contribution >= 4 is 21.8 Å². The number of hydrogen-bond acceptors (Lipinski definition) is 5. The van der Waals surface area contributed by atoms with E-state index in [1.54, 1.807) is 6.07 Å². The summed E-state index contributed by atoms with van der Waals surface area (Å²) in [7, 11) is -4.08. The first-order valence-corrected chi connectivity index (χ1v) is 6.21. The molecule has 0 radical (unpaired) electrons. The first kappa shape index (κ1) is 15.3. The Kier molecular flexibility index (Phi) is 5.57. The molecule has 0 rings (SSSR count). The molecular weight excluding hydrogens is 248 g/mol. The van der Waals surface area contributed by atoms with Gasteiger partial charge in [-0.05, 0) is 6.42 Å². The van der Waals surface area contributed by atoms with E-state index < -0.39 is 40.2 Å². The number of carbonyl (C=O) groups excluding carboxylic acids is 2. The summed E-state index contributed by atoms with van der Waals surface area (Å²) in [6.45, 7) is 0.144. The third kappa shape index (κ3) is 4.38. The molecule has 0 fully saturated rings. The van der Waals surface area contributed by atoms with Crippen molar-refractivity contribution in [3.05, 3.63) is 0 Å². The third-order valence-electron chi connectivity index (χ3n) is 1.90. The van der Waals surface area contributed by atoms with Crippen molar-refractivity contribution in [1.29, 1.82) is 5.26 Å². The Bertz CT molecular complexity index is 423. The van der Waals surface area contributed by atoms with Gasteiger partial charge in [-0.2, -0.15) is 9.57 Å². The van der Waals surface area contributed by atoms with Crippen molar-refractivity contribution in [3.63, 3.8) is 0 Å². The lowest BCUT2D eigenvalue weighted by atomic mass is 10.4. The number of rotatable bonds is 7. The molecule has 0 saturated heterocycles. The Morgan fingerprint density at radius 3 is 1.94 bits per heavy atom. The van der Waals surface area contributed by atoms with E-state index in [-0.39, 0.29) is 6.42 Å². The molecule has 8 nitrogen and oxygen atoms in total. The van der Waals surface area contributed by atoms with Crippen LogP contribution in [0, 0.1) is 11.3 Å². The van der Waals surface area contributed by atoms with Crippen LogP contribution in [0.4, 0.5) is 0 Å². The number of primary amides is 2. The average molecular weight is 262 g/mol. The largest absolute Gasteiger partial charge is 0.369 e. The zero-order valence-corrected chi connectivity index (χ0v) is 10.1. The van der Waals surface area contributed by atoms with Crippen LogP contribution in [-0.4, -0.2) is 42.9 Å². The maximum absolute atomic E-state index is 11.9. The summed E-state index contributed by atoms with van der Waals surface area (Å²) < 4.78 is 24.2. The van der Waals surface area contributed by atoms with Gasteiger partial charge >= 0.3 is 0 Å². The summed E-state index contributed by atoms with van der Waals surface area (Å²) in [5.74, 6) is -1.86. The summed E-state index contributed by atoms with van der Waals surface area (Å²) in [6, 6.07) is 1.59. The van der Waals surface area contributed by atoms with E-state index in [0.29, 0.717) is 4.31 Å². The molecule has 1 atom stereocenters. The van der Waals surface area contributed by atoms with E-state index in [1.165, 1.54) is 6.92 Å². The maximum atomic E-state index is 11.9. The molecule has 0 aliphatic rings. The second-order valence-electron chi connectivity index (χ2n) is 3.27. The monoisotopic (exact) mass is 262 g/mol. The van der Waals surface area contributed by atoms with Crippen LogP contribution in [0.15, 0.2) is 0 Å². The molecular formula is C8H14N4O4S. The molecule has 0 aliphatic heterocycles. The van der Waals surface area contributed by atoms with Crippen LogP contribution in [-0.2, 0) is 19.6 Å². The van der Waals surface area contributed by atoms with Crippen LogP contribution >= 0.6 is 0 Å². The first-order valence-electron chi connectivity index (χ1n) is 4.70. The predicted molar refractivity (Wildman–Crippen MR) is 58.6 cm³/mol. The van der Waals surface area contributed by atoms with E-state index >= 15 is 0 Å². The van der Waals surface area contributed by atoms with E-state index in [0.717, 1.165) is 0 Å². The van der Waals surface area contributed by atoms with Gasteiger partial charge in [0.1, 0.15) is 0 Å². The topological polar surface area (TPSA) is 147 Å². The molecule has 0 saturated carbocycles. The van der Waals surface area contributed by atoms with E-state index in [1.807, 2.05) is 0 Å². The number of sulfonamides is 1. The molecule has 0 aliphatic carbocycles. The molecule has 0 heterocycles. The summed E-state index contributed by atoms with van der Waals surface area (Å²) >= 11 is 0. The van der Waals surface area contributed by atoms with Gasteiger partial charge in [-0.15, -0.1) is 0 Å². The summed E-state index contributed by atoms with van der Waals surface area (Å²) in [4.78, 5) is 21.4. The fourth-order valence-electron chi connectivity index (χ4n) is 1.13. The van der Waals surface area contributed by atoms with E-state index in [4.69, 9.17) is 16.7 Å². The molecule has 17 heavy (non-hydrogen) atoms. The van der Waals surface area contributed by atoms with Crippen LogP contribution in [0.5, 0.6) is 0 Å². The lowest BCUT2D eigenvalue weighted by Gasteiger charge is -2.21. The molecule has 0 spiro atoms. The number of hydrogen-bond donors (Lipinski definition) is 2. The molecule has 4 N–H and O–H groups in total. The van der Waals surface area contributed by atoms with Gasteiger partial charge < -0.3 is 11.5 Å². The highest BCUT2D eigenvalue weighted by molar-refractivity contribution is 7.90. The minimum absolute atomic E-state index is 0.0346. The van der Waals surface area contributed by atoms with Crippen molar-refractivity contribution in [1.82, 2.24) is 4.31 Å². The van der Waals surface area contributed by atoms with Crippen molar-refractivity contribution < 1.29 is 18.0 Å². The van der Waals surface area contributed by atoms with Gasteiger partial charge in [0.25, 0.3) is 0 Å². The zero-order chi connectivity index (χ0) is 13.6. The molecule has 1 unspecified atom stereocenters. The number of nitrogens with zero attached hydrogens (tertiary/aromatic N) is 2. The van der Waals surface area contributed by atoms with Gasteiger partial charge in [0.2, 0.25) is 21.8 Å². The predicted octanol–water partition coefficient (Wildman–Crippen LogP) is -2.11. The summed E-state index contributed by atoms with van der Waals surface area (Å²) in [6.07, 6.45) is 0.0346. The van der Waals surface area contributed by atoms with Crippen LogP contribution in [0.1, 0.15) is 13.3 Å². The fraction of sp³-hybridized carbons (Fsp3) is 0.625. The number of nitrogens with two attached hydrogens (primary N) is 2. The lowest BCUT2D eigenvalue weighted by Crippen LogP contribution is -2.46. The standard InChI is InChI=1S/C8H14N4O4S/c1-2-6(3-9)17(15,16)12(4-7(10)13)5-8(11)14/h6H,2,4-5H2,1H3,(H2,10,13)(H2,11,14). The van der Waals surface area contributed by atoms with Crippen molar-refractivity contribution in [2.24, 2.45) is 11.5 Å². The van der Waals surface area contributed by atoms with Crippen LogP contribution in [0.25, 0.3) is 0 Å². The minimum Gasteiger partial charge on any atom is -0.369 e. The fourth-order valence-corrected chi connectivity index (χ4v) is 2.66. The Morgan fingerprint density at radius 1 is 1.29 bits per heavy atom. The summed E-state index contributed by atoms with van der Waals surface area (Å²) in [5, 5.41) is 7.36. The Labute approximate surface area is 99.2 Å². The highest BCUT2D eigenvalue weighted by Crippen LogP contribution is 2.11.